The van der Waals surface area contributed by atoms with Crippen molar-refractivity contribution in [1.82, 2.24) is 10.7 Å². The second-order valence-corrected chi connectivity index (χ2v) is 4.88. The number of amides is 2. The topological polar surface area (TPSA) is 70.6 Å². The molecule has 1 rings (SSSR count). The van der Waals surface area contributed by atoms with Gasteiger partial charge >= 0.3 is 11.8 Å². The Labute approximate surface area is 125 Å². The third-order valence-electron chi connectivity index (χ3n) is 2.99. The van der Waals surface area contributed by atoms with E-state index in [4.69, 9.17) is 0 Å². The highest BCUT2D eigenvalue weighted by molar-refractivity contribution is 6.35. The maximum atomic E-state index is 11.6. The summed E-state index contributed by atoms with van der Waals surface area (Å²) < 4.78 is 0. The van der Waals surface area contributed by atoms with Crippen LogP contribution in [0.1, 0.15) is 38.7 Å². The molecule has 114 valence electrons. The lowest BCUT2D eigenvalue weighted by Crippen LogP contribution is -2.38. The Morgan fingerprint density at radius 1 is 1.14 bits per heavy atom. The van der Waals surface area contributed by atoms with Crippen molar-refractivity contribution in [2.45, 2.75) is 39.5 Å². The molecule has 5 heteroatoms. The number of rotatable bonds is 7. The number of nitrogens with one attached hydrogen (secondary N) is 2. The van der Waals surface area contributed by atoms with E-state index < -0.39 is 11.8 Å². The van der Waals surface area contributed by atoms with Crippen molar-refractivity contribution in [2.75, 3.05) is 6.54 Å². The fraction of sp³-hybridized carbons (Fsp3) is 0.438. The Bertz CT molecular complexity index is 484. The summed E-state index contributed by atoms with van der Waals surface area (Å²) in [5.41, 5.74) is 4.22. The van der Waals surface area contributed by atoms with E-state index in [-0.39, 0.29) is 0 Å². The van der Waals surface area contributed by atoms with Gasteiger partial charge < -0.3 is 5.32 Å². The zero-order valence-electron chi connectivity index (χ0n) is 12.7. The van der Waals surface area contributed by atoms with Crippen LogP contribution in [0.15, 0.2) is 35.4 Å². The van der Waals surface area contributed by atoms with Crippen molar-refractivity contribution in [2.24, 2.45) is 5.10 Å². The Morgan fingerprint density at radius 3 is 2.52 bits per heavy atom. The van der Waals surface area contributed by atoms with Crippen LogP contribution in [0, 0.1) is 0 Å². The summed E-state index contributed by atoms with van der Waals surface area (Å²) in [7, 11) is 0. The number of hydrogen-bond acceptors (Lipinski definition) is 3. The molecule has 0 radical (unpaired) electrons. The first-order valence-electron chi connectivity index (χ1n) is 7.28. The standard InChI is InChI=1S/C16H23N3O2/c1-3-4-8-13(2)18-19-16(21)15(20)17-12-11-14-9-6-5-7-10-14/h5-7,9-10H,3-4,8,11-12H2,1-2H3,(H,17,20)(H,19,21)/b18-13-. The van der Waals surface area contributed by atoms with Crippen LogP contribution in [0.3, 0.4) is 0 Å². The molecule has 0 heterocycles. The highest BCUT2D eigenvalue weighted by atomic mass is 16.2. The van der Waals surface area contributed by atoms with Crippen molar-refractivity contribution in [3.8, 4) is 0 Å². The Balaban J connectivity index is 2.26. The average Bonchev–Trinajstić information content (AvgIpc) is 2.51. The van der Waals surface area contributed by atoms with E-state index in [1.165, 1.54) is 0 Å². The molecule has 0 aliphatic heterocycles. The fourth-order valence-electron chi connectivity index (χ4n) is 1.73. The second-order valence-electron chi connectivity index (χ2n) is 4.88. The average molecular weight is 289 g/mol. The van der Waals surface area contributed by atoms with Gasteiger partial charge in [-0.25, -0.2) is 5.43 Å². The van der Waals surface area contributed by atoms with E-state index in [0.717, 1.165) is 30.5 Å². The van der Waals surface area contributed by atoms with Crippen LogP contribution in [0.2, 0.25) is 0 Å². The van der Waals surface area contributed by atoms with Crippen LogP contribution in [0.4, 0.5) is 0 Å². The van der Waals surface area contributed by atoms with Gasteiger partial charge in [0.2, 0.25) is 0 Å². The molecule has 5 nitrogen and oxygen atoms in total. The predicted molar refractivity (Wildman–Crippen MR) is 83.9 cm³/mol. The van der Waals surface area contributed by atoms with Crippen molar-refractivity contribution in [3.05, 3.63) is 35.9 Å². The molecule has 1 aromatic carbocycles. The molecule has 21 heavy (non-hydrogen) atoms. The monoisotopic (exact) mass is 289 g/mol. The summed E-state index contributed by atoms with van der Waals surface area (Å²) >= 11 is 0. The number of hydrogen-bond donors (Lipinski definition) is 2. The minimum absolute atomic E-state index is 0.425. The Morgan fingerprint density at radius 2 is 1.86 bits per heavy atom. The number of carbonyl (C=O) groups excluding carboxylic acids is 2. The van der Waals surface area contributed by atoms with Gasteiger partial charge in [0.15, 0.2) is 0 Å². The molecular weight excluding hydrogens is 266 g/mol. The number of benzene rings is 1. The molecule has 0 fully saturated rings. The minimum atomic E-state index is -0.723. The molecule has 2 N–H and O–H groups in total. The summed E-state index contributed by atoms with van der Waals surface area (Å²) in [4.78, 5) is 23.1. The van der Waals surface area contributed by atoms with Gasteiger partial charge in [0.25, 0.3) is 0 Å². The molecule has 0 saturated heterocycles. The molecule has 0 aromatic heterocycles. The number of unbranched alkanes of at least 4 members (excludes halogenated alkanes) is 1. The summed E-state index contributed by atoms with van der Waals surface area (Å²) in [5, 5.41) is 6.48. The van der Waals surface area contributed by atoms with Gasteiger partial charge in [-0.05, 0) is 31.7 Å². The summed E-state index contributed by atoms with van der Waals surface area (Å²) in [6.45, 7) is 4.35. The van der Waals surface area contributed by atoms with Crippen LogP contribution in [0.5, 0.6) is 0 Å². The molecule has 0 atom stereocenters. The van der Waals surface area contributed by atoms with Crippen LogP contribution in [0.25, 0.3) is 0 Å². The van der Waals surface area contributed by atoms with Gasteiger partial charge in [-0.3, -0.25) is 9.59 Å². The SMILES string of the molecule is CCCC/C(C)=N\NC(=O)C(=O)NCCc1ccccc1. The van der Waals surface area contributed by atoms with E-state index in [0.29, 0.717) is 13.0 Å². The lowest BCUT2D eigenvalue weighted by atomic mass is 10.1. The van der Waals surface area contributed by atoms with E-state index >= 15 is 0 Å². The van der Waals surface area contributed by atoms with E-state index in [9.17, 15) is 9.59 Å². The normalized spacial score (nSPS) is 11.0. The molecule has 0 spiro atoms. The Hall–Kier alpha value is -2.17. The maximum absolute atomic E-state index is 11.6. The quantitative estimate of drug-likeness (QED) is 0.458. The summed E-state index contributed by atoms with van der Waals surface area (Å²) in [6, 6.07) is 9.78. The highest BCUT2D eigenvalue weighted by Crippen LogP contribution is 1.98. The van der Waals surface area contributed by atoms with E-state index in [1.807, 2.05) is 37.3 Å². The van der Waals surface area contributed by atoms with Gasteiger partial charge in [-0.2, -0.15) is 5.10 Å². The van der Waals surface area contributed by atoms with Crippen molar-refractivity contribution < 1.29 is 9.59 Å². The van der Waals surface area contributed by atoms with Gasteiger partial charge in [0, 0.05) is 12.3 Å². The molecule has 0 unspecified atom stereocenters. The van der Waals surface area contributed by atoms with Crippen LogP contribution < -0.4 is 10.7 Å². The minimum Gasteiger partial charge on any atom is -0.347 e. The highest BCUT2D eigenvalue weighted by Gasteiger charge is 2.11. The second kappa shape index (κ2) is 9.69. The number of nitrogens with zero attached hydrogens (tertiary/aromatic N) is 1. The number of carbonyl (C=O) groups is 2. The molecule has 0 aliphatic rings. The molecule has 0 bridgehead atoms. The van der Waals surface area contributed by atoms with Gasteiger partial charge in [0.1, 0.15) is 0 Å². The summed E-state index contributed by atoms with van der Waals surface area (Å²) in [5.74, 6) is -1.38. The first kappa shape index (κ1) is 16.9. The largest absolute Gasteiger partial charge is 0.347 e. The number of hydrazone groups is 1. The van der Waals surface area contributed by atoms with Crippen LogP contribution in [-0.4, -0.2) is 24.1 Å². The lowest BCUT2D eigenvalue weighted by Gasteiger charge is -2.05. The fourth-order valence-corrected chi connectivity index (χ4v) is 1.73. The molecule has 2 amide bonds. The zero-order chi connectivity index (χ0) is 15.5. The first-order valence-corrected chi connectivity index (χ1v) is 7.28. The van der Waals surface area contributed by atoms with Crippen molar-refractivity contribution in [3.63, 3.8) is 0 Å². The molecule has 0 aliphatic carbocycles. The third-order valence-corrected chi connectivity index (χ3v) is 2.99. The van der Waals surface area contributed by atoms with Crippen molar-refractivity contribution in [1.29, 1.82) is 0 Å². The maximum Gasteiger partial charge on any atom is 0.329 e. The molecule has 0 saturated carbocycles. The van der Waals surface area contributed by atoms with Gasteiger partial charge in [-0.15, -0.1) is 0 Å². The predicted octanol–water partition coefficient (Wildman–Crippen LogP) is 2.03. The smallest absolute Gasteiger partial charge is 0.329 e. The lowest BCUT2D eigenvalue weighted by molar-refractivity contribution is -0.139. The van der Waals surface area contributed by atoms with E-state index in [2.05, 4.69) is 22.8 Å². The molecular formula is C16H23N3O2. The van der Waals surface area contributed by atoms with E-state index in [1.54, 1.807) is 0 Å². The van der Waals surface area contributed by atoms with Crippen LogP contribution in [-0.2, 0) is 16.0 Å². The molecule has 1 aromatic rings. The summed E-state index contributed by atoms with van der Waals surface area (Å²) in [6.07, 6.45) is 3.61. The third kappa shape index (κ3) is 7.25. The van der Waals surface area contributed by atoms with Crippen LogP contribution >= 0.6 is 0 Å². The van der Waals surface area contributed by atoms with Gasteiger partial charge in [0.05, 0.1) is 0 Å². The zero-order valence-corrected chi connectivity index (χ0v) is 12.7. The van der Waals surface area contributed by atoms with Gasteiger partial charge in [-0.1, -0.05) is 43.7 Å². The first-order chi connectivity index (χ1) is 10.1. The Kier molecular flexibility index (Phi) is 7.79. The van der Waals surface area contributed by atoms with Crippen molar-refractivity contribution >= 4 is 17.5 Å².